The van der Waals surface area contributed by atoms with Crippen molar-refractivity contribution in [3.63, 3.8) is 0 Å². The van der Waals surface area contributed by atoms with Crippen molar-refractivity contribution in [2.24, 2.45) is 0 Å². The Bertz CT molecular complexity index is 311. The second-order valence-electron chi connectivity index (χ2n) is 3.97. The average molecular weight is 301 g/mol. The van der Waals surface area contributed by atoms with Crippen molar-refractivity contribution >= 4 is 22.9 Å². The zero-order chi connectivity index (χ0) is 9.97. The minimum atomic E-state index is 0.746. The summed E-state index contributed by atoms with van der Waals surface area (Å²) < 4.78 is 2.46. The van der Waals surface area contributed by atoms with Gasteiger partial charge >= 0.3 is 0 Å². The maximum atomic E-state index is 2.47. The number of benzene rings is 1. The van der Waals surface area contributed by atoms with Gasteiger partial charge in [-0.3, -0.25) is 0 Å². The van der Waals surface area contributed by atoms with Crippen LogP contribution in [0.2, 0.25) is 0 Å². The van der Waals surface area contributed by atoms with Crippen molar-refractivity contribution in [1.29, 1.82) is 0 Å². The van der Waals surface area contributed by atoms with Crippen LogP contribution in [-0.4, -0.2) is 9.16 Å². The molecule has 0 bridgehead atoms. The zero-order valence-corrected chi connectivity index (χ0v) is 10.7. The molecule has 0 aliphatic carbocycles. The van der Waals surface area contributed by atoms with Crippen LogP contribution in [0.1, 0.15) is 30.9 Å². The lowest BCUT2D eigenvalue weighted by molar-refractivity contribution is 0.329. The van der Waals surface area contributed by atoms with Gasteiger partial charge in [0.25, 0.3) is 0 Å². The fourth-order valence-electron chi connectivity index (χ4n) is 2.13. The van der Waals surface area contributed by atoms with Crippen LogP contribution in [0.4, 0.5) is 0 Å². The maximum Gasteiger partial charge on any atom is 0.0338 e. The fourth-order valence-corrected chi connectivity index (χ4v) is 2.97. The maximum absolute atomic E-state index is 2.47. The normalized spacial score (nSPS) is 22.0. The predicted octanol–water partition coefficient (Wildman–Crippen LogP) is 3.56. The Hall–Kier alpha value is -0.0900. The van der Waals surface area contributed by atoms with Gasteiger partial charge in [0.2, 0.25) is 0 Å². The van der Waals surface area contributed by atoms with Crippen LogP contribution in [0.25, 0.3) is 0 Å². The first-order valence-electron chi connectivity index (χ1n) is 5.30. The second kappa shape index (κ2) is 4.62. The van der Waals surface area contributed by atoms with Gasteiger partial charge < -0.3 is 0 Å². The van der Waals surface area contributed by atoms with E-state index in [2.05, 4.69) is 57.2 Å². The Morgan fingerprint density at radius 1 is 1.36 bits per heavy atom. The van der Waals surface area contributed by atoms with Gasteiger partial charge in [-0.1, -0.05) is 37.6 Å². The molecule has 0 saturated carbocycles. The molecule has 2 heteroatoms. The molecule has 14 heavy (non-hydrogen) atoms. The van der Waals surface area contributed by atoms with Crippen molar-refractivity contribution in [2.75, 3.05) is 0 Å². The van der Waals surface area contributed by atoms with Gasteiger partial charge in [-0.15, -0.1) is 0 Å². The molecule has 1 aromatic rings. The second-order valence-corrected chi connectivity index (χ2v) is 5.21. The molecular weight excluding hydrogens is 285 g/mol. The molecule has 0 spiro atoms. The first kappa shape index (κ1) is 10.4. The molecule has 1 aliphatic rings. The summed E-state index contributed by atoms with van der Waals surface area (Å²) in [6, 6.07) is 9.58. The molecule has 0 radical (unpaired) electrons. The van der Waals surface area contributed by atoms with E-state index in [1.807, 2.05) is 0 Å². The molecule has 1 atom stereocenters. The highest BCUT2D eigenvalue weighted by atomic mass is 127. The molecule has 1 aliphatic heterocycles. The van der Waals surface area contributed by atoms with Gasteiger partial charge in [0.05, 0.1) is 0 Å². The number of rotatable bonds is 2. The molecular formula is C12H16IN. The van der Waals surface area contributed by atoms with Crippen molar-refractivity contribution < 1.29 is 0 Å². The molecule has 0 saturated heterocycles. The van der Waals surface area contributed by atoms with Crippen LogP contribution < -0.4 is 0 Å². The smallest absolute Gasteiger partial charge is 0.0338 e. The number of hydrogen-bond acceptors (Lipinski definition) is 1. The van der Waals surface area contributed by atoms with Gasteiger partial charge in [-0.05, 0) is 24.0 Å². The predicted molar refractivity (Wildman–Crippen MR) is 68.4 cm³/mol. The number of nitrogens with zero attached hydrogens (tertiary/aromatic N) is 1. The average Bonchev–Trinajstić information content (AvgIpc) is 2.19. The largest absolute Gasteiger partial charge is 0.240 e. The van der Waals surface area contributed by atoms with Crippen molar-refractivity contribution in [3.8, 4) is 0 Å². The molecule has 0 amide bonds. The summed E-state index contributed by atoms with van der Waals surface area (Å²) in [5, 5.41) is 0. The third kappa shape index (κ3) is 2.11. The molecule has 0 aromatic heterocycles. The topological polar surface area (TPSA) is 3.24 Å². The van der Waals surface area contributed by atoms with Crippen molar-refractivity contribution in [3.05, 3.63) is 35.4 Å². The van der Waals surface area contributed by atoms with E-state index in [-0.39, 0.29) is 0 Å². The van der Waals surface area contributed by atoms with Gasteiger partial charge in [0.15, 0.2) is 0 Å². The fraction of sp³-hybridized carbons (Fsp3) is 0.500. The summed E-state index contributed by atoms with van der Waals surface area (Å²) in [5.41, 5.74) is 3.06. The summed E-state index contributed by atoms with van der Waals surface area (Å²) in [7, 11) is 0. The summed E-state index contributed by atoms with van der Waals surface area (Å²) >= 11 is 2.47. The molecule has 0 fully saturated rings. The summed E-state index contributed by atoms with van der Waals surface area (Å²) in [5.74, 6) is 0. The first-order valence-corrected chi connectivity index (χ1v) is 6.27. The lowest BCUT2D eigenvalue weighted by atomic mass is 9.94. The van der Waals surface area contributed by atoms with E-state index in [1.54, 1.807) is 5.56 Å². The van der Waals surface area contributed by atoms with E-state index < -0.39 is 0 Å². The Morgan fingerprint density at radius 3 is 2.79 bits per heavy atom. The van der Waals surface area contributed by atoms with Crippen LogP contribution >= 0.6 is 22.9 Å². The monoisotopic (exact) mass is 301 g/mol. The van der Waals surface area contributed by atoms with Crippen molar-refractivity contribution in [1.82, 2.24) is 3.11 Å². The van der Waals surface area contributed by atoms with Crippen LogP contribution in [0, 0.1) is 0 Å². The van der Waals surface area contributed by atoms with E-state index in [0.717, 1.165) is 12.6 Å². The summed E-state index contributed by atoms with van der Waals surface area (Å²) in [4.78, 5) is 0. The van der Waals surface area contributed by atoms with Gasteiger partial charge in [-0.25, -0.2) is 3.11 Å². The van der Waals surface area contributed by atoms with E-state index in [4.69, 9.17) is 0 Å². The highest BCUT2D eigenvalue weighted by Crippen LogP contribution is 2.27. The van der Waals surface area contributed by atoms with E-state index >= 15 is 0 Å². The van der Waals surface area contributed by atoms with Gasteiger partial charge in [0.1, 0.15) is 0 Å². The Morgan fingerprint density at radius 2 is 2.07 bits per heavy atom. The quantitative estimate of drug-likeness (QED) is 0.596. The van der Waals surface area contributed by atoms with E-state index in [1.165, 1.54) is 24.8 Å². The van der Waals surface area contributed by atoms with Crippen LogP contribution in [-0.2, 0) is 13.0 Å². The van der Waals surface area contributed by atoms with Crippen LogP contribution in [0.5, 0.6) is 0 Å². The molecule has 0 N–H and O–H groups in total. The molecule has 2 rings (SSSR count). The van der Waals surface area contributed by atoms with Crippen molar-refractivity contribution in [2.45, 2.75) is 38.8 Å². The Labute approximate surface area is 100.0 Å². The third-order valence-electron chi connectivity index (χ3n) is 2.91. The first-order chi connectivity index (χ1) is 6.81. The molecule has 1 heterocycles. The lowest BCUT2D eigenvalue weighted by Gasteiger charge is -2.32. The minimum Gasteiger partial charge on any atom is -0.240 e. The SMILES string of the molecule is CCCC1Cc2ccccc2CN1I. The highest BCUT2D eigenvalue weighted by Gasteiger charge is 2.22. The van der Waals surface area contributed by atoms with Crippen LogP contribution in [0.15, 0.2) is 24.3 Å². The van der Waals surface area contributed by atoms with Crippen LogP contribution in [0.3, 0.4) is 0 Å². The minimum absolute atomic E-state index is 0.746. The Balaban J connectivity index is 2.18. The Kier molecular flexibility index (Phi) is 3.44. The highest BCUT2D eigenvalue weighted by molar-refractivity contribution is 14.1. The standard InChI is InChI=1S/C12H16IN/c1-2-5-12-8-10-6-3-4-7-11(10)9-14(12)13/h3-4,6-7,12H,2,5,8-9H2,1H3. The van der Waals surface area contributed by atoms with Gasteiger partial charge in [-0.2, -0.15) is 0 Å². The van der Waals surface area contributed by atoms with Gasteiger partial charge in [0, 0.05) is 35.5 Å². The molecule has 1 nitrogen and oxygen atoms in total. The number of fused-ring (bicyclic) bond motifs is 1. The molecule has 76 valence electrons. The molecule has 1 aromatic carbocycles. The molecule has 1 unspecified atom stereocenters. The number of halogens is 1. The summed E-state index contributed by atoms with van der Waals surface area (Å²) in [6.07, 6.45) is 3.83. The van der Waals surface area contributed by atoms with E-state index in [0.29, 0.717) is 0 Å². The zero-order valence-electron chi connectivity index (χ0n) is 8.54. The number of hydrogen-bond donors (Lipinski definition) is 0. The summed E-state index contributed by atoms with van der Waals surface area (Å²) in [6.45, 7) is 3.38. The van der Waals surface area contributed by atoms with E-state index in [9.17, 15) is 0 Å². The third-order valence-corrected chi connectivity index (χ3v) is 4.04. The lowest BCUT2D eigenvalue weighted by Crippen LogP contribution is -2.33.